The van der Waals surface area contributed by atoms with Gasteiger partial charge in [-0.3, -0.25) is 9.10 Å². The predicted octanol–water partition coefficient (Wildman–Crippen LogP) is 2.51. The summed E-state index contributed by atoms with van der Waals surface area (Å²) >= 11 is 5.87. The number of sulfonamides is 1. The van der Waals surface area contributed by atoms with Gasteiger partial charge in [0.1, 0.15) is 12.6 Å². The maximum Gasteiger partial charge on any atom is 0.324 e. The van der Waals surface area contributed by atoms with E-state index in [-0.39, 0.29) is 26.9 Å². The third-order valence-corrected chi connectivity index (χ3v) is 5.68. The second-order valence-corrected chi connectivity index (χ2v) is 7.47. The molecule has 0 aliphatic heterocycles. The summed E-state index contributed by atoms with van der Waals surface area (Å²) in [7, 11) is -1.53. The van der Waals surface area contributed by atoms with E-state index in [1.54, 1.807) is 0 Å². The van der Waals surface area contributed by atoms with Crippen molar-refractivity contribution in [3.8, 4) is 17.6 Å². The summed E-state index contributed by atoms with van der Waals surface area (Å²) < 4.78 is 37.0. The van der Waals surface area contributed by atoms with E-state index in [0.717, 1.165) is 0 Å². The first kappa shape index (κ1) is 20.4. The van der Waals surface area contributed by atoms with Crippen LogP contribution in [0.4, 0.5) is 5.69 Å². The Bertz CT molecular complexity index is 1020. The molecule has 2 aromatic carbocycles. The standard InChI is InChI=1S/C17H15ClN2O6S/c1-25-15-6-4-13(8-16(15)26-2)27(23,24)20(10-17(21)22)12-3-5-14(18)11(7-12)9-19/h3-8H,10H2,1-2H3,(H,21,22). The zero-order chi connectivity index (χ0) is 20.2. The number of methoxy groups -OCH3 is 2. The van der Waals surface area contributed by atoms with Gasteiger partial charge in [-0.05, 0) is 30.3 Å². The van der Waals surface area contributed by atoms with Gasteiger partial charge < -0.3 is 14.6 Å². The Labute approximate surface area is 161 Å². The van der Waals surface area contributed by atoms with Crippen LogP contribution in [0.2, 0.25) is 5.02 Å². The number of carboxylic acids is 1. The summed E-state index contributed by atoms with van der Waals surface area (Å²) in [5.74, 6) is -0.880. The average Bonchev–Trinajstić information content (AvgIpc) is 2.65. The molecule has 142 valence electrons. The third-order valence-electron chi connectivity index (χ3n) is 3.58. The number of rotatable bonds is 7. The van der Waals surface area contributed by atoms with Crippen LogP contribution in [0.15, 0.2) is 41.3 Å². The van der Waals surface area contributed by atoms with Crippen molar-refractivity contribution in [2.24, 2.45) is 0 Å². The zero-order valence-electron chi connectivity index (χ0n) is 14.3. The van der Waals surface area contributed by atoms with Gasteiger partial charge in [0.25, 0.3) is 10.0 Å². The Morgan fingerprint density at radius 2 is 1.85 bits per heavy atom. The van der Waals surface area contributed by atoms with Gasteiger partial charge in [0.15, 0.2) is 11.5 Å². The van der Waals surface area contributed by atoms with Crippen LogP contribution in [-0.4, -0.2) is 40.3 Å². The van der Waals surface area contributed by atoms with Crippen molar-refractivity contribution in [1.29, 1.82) is 5.26 Å². The number of benzene rings is 2. The van der Waals surface area contributed by atoms with E-state index in [4.69, 9.17) is 26.3 Å². The van der Waals surface area contributed by atoms with Gasteiger partial charge in [-0.25, -0.2) is 8.42 Å². The van der Waals surface area contributed by atoms with Crippen LogP contribution in [-0.2, 0) is 14.8 Å². The molecule has 0 saturated carbocycles. The predicted molar refractivity (Wildman–Crippen MR) is 97.9 cm³/mol. The zero-order valence-corrected chi connectivity index (χ0v) is 15.9. The Kier molecular flexibility index (Phi) is 6.15. The Morgan fingerprint density at radius 3 is 2.41 bits per heavy atom. The number of carboxylic acid groups (broad SMARTS) is 1. The molecule has 0 atom stereocenters. The topological polar surface area (TPSA) is 117 Å². The maximum absolute atomic E-state index is 13.1. The Morgan fingerprint density at radius 1 is 1.19 bits per heavy atom. The van der Waals surface area contributed by atoms with Gasteiger partial charge in [0, 0.05) is 6.07 Å². The van der Waals surface area contributed by atoms with Crippen molar-refractivity contribution in [3.63, 3.8) is 0 Å². The van der Waals surface area contributed by atoms with Gasteiger partial charge in [-0.2, -0.15) is 5.26 Å². The van der Waals surface area contributed by atoms with E-state index >= 15 is 0 Å². The minimum Gasteiger partial charge on any atom is -0.493 e. The Balaban J connectivity index is 2.62. The fourth-order valence-electron chi connectivity index (χ4n) is 2.30. The first-order valence-corrected chi connectivity index (χ1v) is 9.22. The lowest BCUT2D eigenvalue weighted by atomic mass is 10.2. The molecule has 1 N–H and O–H groups in total. The molecule has 0 aromatic heterocycles. The van der Waals surface area contributed by atoms with Crippen LogP contribution in [0.5, 0.6) is 11.5 Å². The van der Waals surface area contributed by atoms with Crippen molar-refractivity contribution in [3.05, 3.63) is 47.0 Å². The van der Waals surface area contributed by atoms with Crippen LogP contribution in [0.1, 0.15) is 5.56 Å². The lowest BCUT2D eigenvalue weighted by molar-refractivity contribution is -0.135. The monoisotopic (exact) mass is 410 g/mol. The number of anilines is 1. The van der Waals surface area contributed by atoms with E-state index in [9.17, 15) is 18.3 Å². The van der Waals surface area contributed by atoms with E-state index < -0.39 is 22.5 Å². The minimum atomic E-state index is -4.28. The normalized spacial score (nSPS) is 10.7. The highest BCUT2D eigenvalue weighted by Crippen LogP contribution is 2.33. The smallest absolute Gasteiger partial charge is 0.324 e. The first-order valence-electron chi connectivity index (χ1n) is 7.40. The molecule has 2 rings (SSSR count). The largest absolute Gasteiger partial charge is 0.493 e. The molecule has 0 amide bonds. The molecular weight excluding hydrogens is 396 g/mol. The second kappa shape index (κ2) is 8.16. The van der Waals surface area contributed by atoms with Gasteiger partial charge in [0.05, 0.1) is 35.4 Å². The highest BCUT2D eigenvalue weighted by Gasteiger charge is 2.28. The molecule has 10 heteroatoms. The summed E-state index contributed by atoms with van der Waals surface area (Å²) in [5.41, 5.74) is 0.0141. The highest BCUT2D eigenvalue weighted by atomic mass is 35.5. The third kappa shape index (κ3) is 4.24. The SMILES string of the molecule is COc1ccc(S(=O)(=O)N(CC(=O)O)c2ccc(Cl)c(C#N)c2)cc1OC. The number of halogens is 1. The van der Waals surface area contributed by atoms with Crippen LogP contribution < -0.4 is 13.8 Å². The van der Waals surface area contributed by atoms with Crippen molar-refractivity contribution in [2.75, 3.05) is 25.1 Å². The summed E-state index contributed by atoms with van der Waals surface area (Å²) in [5, 5.41) is 18.4. The quantitative estimate of drug-likeness (QED) is 0.745. The van der Waals surface area contributed by atoms with Crippen molar-refractivity contribution < 1.29 is 27.8 Å². The second-order valence-electron chi connectivity index (χ2n) is 5.20. The number of hydrogen-bond donors (Lipinski definition) is 1. The van der Waals surface area contributed by atoms with E-state index in [1.165, 1.54) is 50.6 Å². The molecule has 0 unspecified atom stereocenters. The van der Waals surface area contributed by atoms with Crippen molar-refractivity contribution in [1.82, 2.24) is 0 Å². The van der Waals surface area contributed by atoms with E-state index in [2.05, 4.69) is 0 Å². The fourth-order valence-corrected chi connectivity index (χ4v) is 3.88. The van der Waals surface area contributed by atoms with Crippen LogP contribution >= 0.6 is 11.6 Å². The van der Waals surface area contributed by atoms with Crippen LogP contribution in [0.3, 0.4) is 0 Å². The molecule has 0 heterocycles. The summed E-state index contributed by atoms with van der Waals surface area (Å²) in [4.78, 5) is 11.1. The molecular formula is C17H15ClN2O6S. The summed E-state index contributed by atoms with van der Waals surface area (Å²) in [6.45, 7) is -0.844. The fraction of sp³-hybridized carbons (Fsp3) is 0.176. The molecule has 8 nitrogen and oxygen atoms in total. The van der Waals surface area contributed by atoms with Gasteiger partial charge in [-0.15, -0.1) is 0 Å². The minimum absolute atomic E-state index is 0.00636. The molecule has 0 saturated heterocycles. The number of carbonyl (C=O) groups is 1. The molecule has 0 spiro atoms. The number of aliphatic carboxylic acids is 1. The molecule has 0 aliphatic rings. The van der Waals surface area contributed by atoms with Crippen LogP contribution in [0, 0.1) is 11.3 Å². The lowest BCUT2D eigenvalue weighted by Crippen LogP contribution is -2.35. The maximum atomic E-state index is 13.1. The van der Waals surface area contributed by atoms with Crippen molar-refractivity contribution in [2.45, 2.75) is 4.90 Å². The summed E-state index contributed by atoms with van der Waals surface area (Å²) in [6.07, 6.45) is 0. The van der Waals surface area contributed by atoms with Gasteiger partial charge >= 0.3 is 5.97 Å². The number of ether oxygens (including phenoxy) is 2. The number of nitrogens with zero attached hydrogens (tertiary/aromatic N) is 2. The summed E-state index contributed by atoms with van der Waals surface area (Å²) in [6, 6.07) is 9.59. The molecule has 0 radical (unpaired) electrons. The van der Waals surface area contributed by atoms with Crippen LogP contribution in [0.25, 0.3) is 0 Å². The van der Waals surface area contributed by atoms with Gasteiger partial charge in [0.2, 0.25) is 0 Å². The van der Waals surface area contributed by atoms with E-state index in [1.807, 2.05) is 6.07 Å². The van der Waals surface area contributed by atoms with Crippen molar-refractivity contribution >= 4 is 33.3 Å². The average molecular weight is 411 g/mol. The van der Waals surface area contributed by atoms with E-state index in [0.29, 0.717) is 10.1 Å². The molecule has 0 aliphatic carbocycles. The highest BCUT2D eigenvalue weighted by molar-refractivity contribution is 7.92. The molecule has 27 heavy (non-hydrogen) atoms. The molecule has 2 aromatic rings. The lowest BCUT2D eigenvalue weighted by Gasteiger charge is -2.23. The Hall–Kier alpha value is -2.96. The first-order chi connectivity index (χ1) is 12.7. The number of nitriles is 1. The molecule has 0 bridgehead atoms. The molecule has 0 fully saturated rings. The number of hydrogen-bond acceptors (Lipinski definition) is 6. The van der Waals surface area contributed by atoms with Gasteiger partial charge in [-0.1, -0.05) is 11.6 Å².